The minimum absolute atomic E-state index is 0.0543. The van der Waals surface area contributed by atoms with E-state index in [1.807, 2.05) is 0 Å². The minimum atomic E-state index is -0.0543. The fourth-order valence-electron chi connectivity index (χ4n) is 1.53. The molecule has 1 aromatic rings. The van der Waals surface area contributed by atoms with Crippen molar-refractivity contribution in [1.82, 2.24) is 10.3 Å². The summed E-state index contributed by atoms with van der Waals surface area (Å²) in [6.45, 7) is 7.23. The Bertz CT molecular complexity index is 359. The van der Waals surface area contributed by atoms with Gasteiger partial charge in [0, 0.05) is 24.2 Å². The molecule has 0 aromatic carbocycles. The lowest BCUT2D eigenvalue weighted by Crippen LogP contribution is -2.37. The zero-order chi connectivity index (χ0) is 12.9. The van der Waals surface area contributed by atoms with Crippen LogP contribution in [0.3, 0.4) is 0 Å². The molecule has 0 unspecified atom stereocenters. The average molecular weight is 252 g/mol. The maximum Gasteiger partial charge on any atom is 0.252 e. The Balaban J connectivity index is 2.54. The molecule has 1 aromatic heterocycles. The van der Waals surface area contributed by atoms with Crippen LogP contribution >= 0.6 is 11.8 Å². The molecule has 4 heteroatoms. The SMILES string of the molecule is CS[C@@H](CNC(=O)c1cccnc1)C(C)(C)C. The Labute approximate surface area is 107 Å². The van der Waals surface area contributed by atoms with Crippen LogP contribution in [0.2, 0.25) is 0 Å². The van der Waals surface area contributed by atoms with Crippen molar-refractivity contribution in [2.24, 2.45) is 5.41 Å². The zero-order valence-corrected chi connectivity index (χ0v) is 11.7. The molecule has 0 saturated carbocycles. The standard InChI is InChI=1S/C13H20N2OS/c1-13(2,3)11(17-4)9-15-12(16)10-6-5-7-14-8-10/h5-8,11H,9H2,1-4H3,(H,15,16)/t11-/m0/s1. The number of carbonyl (C=O) groups excluding carboxylic acids is 1. The first kappa shape index (κ1) is 14.0. The van der Waals surface area contributed by atoms with Crippen LogP contribution in [0.5, 0.6) is 0 Å². The van der Waals surface area contributed by atoms with Crippen LogP contribution < -0.4 is 5.32 Å². The molecule has 17 heavy (non-hydrogen) atoms. The van der Waals surface area contributed by atoms with Gasteiger partial charge < -0.3 is 5.32 Å². The predicted molar refractivity (Wildman–Crippen MR) is 73.3 cm³/mol. The molecule has 0 radical (unpaired) electrons. The molecule has 94 valence electrons. The van der Waals surface area contributed by atoms with E-state index in [1.54, 1.807) is 36.3 Å². The maximum atomic E-state index is 11.8. The van der Waals surface area contributed by atoms with E-state index in [0.29, 0.717) is 17.4 Å². The van der Waals surface area contributed by atoms with Gasteiger partial charge in [-0.3, -0.25) is 9.78 Å². The smallest absolute Gasteiger partial charge is 0.252 e. The molecule has 3 nitrogen and oxygen atoms in total. The van der Waals surface area contributed by atoms with Gasteiger partial charge in [0.15, 0.2) is 0 Å². The van der Waals surface area contributed by atoms with Crippen molar-refractivity contribution in [3.05, 3.63) is 30.1 Å². The van der Waals surface area contributed by atoms with E-state index in [0.717, 1.165) is 0 Å². The third-order valence-corrected chi connectivity index (χ3v) is 4.06. The first-order valence-corrected chi connectivity index (χ1v) is 6.95. The van der Waals surface area contributed by atoms with E-state index >= 15 is 0 Å². The number of hydrogen-bond acceptors (Lipinski definition) is 3. The molecule has 0 aliphatic carbocycles. The van der Waals surface area contributed by atoms with Crippen molar-refractivity contribution < 1.29 is 4.79 Å². The van der Waals surface area contributed by atoms with Gasteiger partial charge >= 0.3 is 0 Å². The van der Waals surface area contributed by atoms with Gasteiger partial charge in [-0.25, -0.2) is 0 Å². The number of aromatic nitrogens is 1. The summed E-state index contributed by atoms with van der Waals surface area (Å²) in [6, 6.07) is 3.54. The van der Waals surface area contributed by atoms with Crippen molar-refractivity contribution in [1.29, 1.82) is 0 Å². The van der Waals surface area contributed by atoms with Crippen LogP contribution in [0.15, 0.2) is 24.5 Å². The maximum absolute atomic E-state index is 11.8. The molecule has 1 rings (SSSR count). The number of rotatable bonds is 4. The number of pyridine rings is 1. The van der Waals surface area contributed by atoms with Crippen molar-refractivity contribution >= 4 is 17.7 Å². The Hall–Kier alpha value is -1.03. The molecule has 1 atom stereocenters. The summed E-state index contributed by atoms with van der Waals surface area (Å²) in [5, 5.41) is 3.36. The first-order chi connectivity index (χ1) is 7.95. The van der Waals surface area contributed by atoms with Gasteiger partial charge in [-0.2, -0.15) is 11.8 Å². The Morgan fingerprint density at radius 3 is 2.71 bits per heavy atom. The monoisotopic (exact) mass is 252 g/mol. The second-order valence-electron chi connectivity index (χ2n) is 5.04. The average Bonchev–Trinajstić information content (AvgIpc) is 2.29. The number of hydrogen-bond donors (Lipinski definition) is 1. The number of amides is 1. The molecule has 0 saturated heterocycles. The Kier molecular flexibility index (Phi) is 5.00. The van der Waals surface area contributed by atoms with E-state index < -0.39 is 0 Å². The third kappa shape index (κ3) is 4.38. The zero-order valence-electron chi connectivity index (χ0n) is 10.9. The highest BCUT2D eigenvalue weighted by Crippen LogP contribution is 2.28. The third-order valence-electron chi connectivity index (χ3n) is 2.62. The largest absolute Gasteiger partial charge is 0.351 e. The van der Waals surface area contributed by atoms with Crippen molar-refractivity contribution in [2.45, 2.75) is 26.0 Å². The van der Waals surface area contributed by atoms with Crippen LogP contribution in [-0.2, 0) is 0 Å². The molecule has 0 bridgehead atoms. The second-order valence-corrected chi connectivity index (χ2v) is 6.08. The van der Waals surface area contributed by atoms with Crippen LogP contribution in [0.1, 0.15) is 31.1 Å². The molecule has 0 aliphatic heterocycles. The molecule has 1 heterocycles. The summed E-state index contributed by atoms with van der Waals surface area (Å²) in [6.07, 6.45) is 5.32. The lowest BCUT2D eigenvalue weighted by atomic mass is 9.91. The van der Waals surface area contributed by atoms with Crippen molar-refractivity contribution in [3.63, 3.8) is 0 Å². The summed E-state index contributed by atoms with van der Waals surface area (Å²) in [7, 11) is 0. The van der Waals surface area contributed by atoms with Gasteiger partial charge in [0.1, 0.15) is 0 Å². The molecule has 1 N–H and O–H groups in total. The fourth-order valence-corrected chi connectivity index (χ4v) is 2.48. The lowest BCUT2D eigenvalue weighted by Gasteiger charge is -2.29. The van der Waals surface area contributed by atoms with Gasteiger partial charge in [0.05, 0.1) is 5.56 Å². The van der Waals surface area contributed by atoms with Crippen molar-refractivity contribution in [2.75, 3.05) is 12.8 Å². The topological polar surface area (TPSA) is 42.0 Å². The van der Waals surface area contributed by atoms with E-state index in [9.17, 15) is 4.79 Å². The van der Waals surface area contributed by atoms with E-state index in [2.05, 4.69) is 37.3 Å². The molecular formula is C13H20N2OS. The van der Waals surface area contributed by atoms with Crippen LogP contribution in [0, 0.1) is 5.41 Å². The number of thioether (sulfide) groups is 1. The quantitative estimate of drug-likeness (QED) is 0.895. The highest BCUT2D eigenvalue weighted by atomic mass is 32.2. The molecular weight excluding hydrogens is 232 g/mol. The highest BCUT2D eigenvalue weighted by Gasteiger charge is 2.24. The summed E-state index contributed by atoms with van der Waals surface area (Å²) >= 11 is 1.78. The summed E-state index contributed by atoms with van der Waals surface area (Å²) in [5.41, 5.74) is 0.794. The lowest BCUT2D eigenvalue weighted by molar-refractivity contribution is 0.0950. The Morgan fingerprint density at radius 1 is 1.53 bits per heavy atom. The Morgan fingerprint density at radius 2 is 2.24 bits per heavy atom. The van der Waals surface area contributed by atoms with E-state index in [4.69, 9.17) is 0 Å². The summed E-state index contributed by atoms with van der Waals surface area (Å²) in [4.78, 5) is 15.8. The van der Waals surface area contributed by atoms with E-state index in [-0.39, 0.29) is 11.3 Å². The fraction of sp³-hybridized carbons (Fsp3) is 0.538. The number of carbonyl (C=O) groups is 1. The number of nitrogens with zero attached hydrogens (tertiary/aromatic N) is 1. The normalized spacial score (nSPS) is 13.2. The van der Waals surface area contributed by atoms with Crippen LogP contribution in [0.4, 0.5) is 0 Å². The van der Waals surface area contributed by atoms with Gasteiger partial charge in [0.2, 0.25) is 0 Å². The van der Waals surface area contributed by atoms with Gasteiger partial charge in [-0.05, 0) is 23.8 Å². The van der Waals surface area contributed by atoms with Gasteiger partial charge in [-0.1, -0.05) is 20.8 Å². The predicted octanol–water partition coefficient (Wildman–Crippen LogP) is 2.59. The molecule has 1 amide bonds. The van der Waals surface area contributed by atoms with Gasteiger partial charge in [-0.15, -0.1) is 0 Å². The minimum Gasteiger partial charge on any atom is -0.351 e. The second kappa shape index (κ2) is 6.05. The van der Waals surface area contributed by atoms with Crippen LogP contribution in [-0.4, -0.2) is 28.9 Å². The van der Waals surface area contributed by atoms with Crippen molar-refractivity contribution in [3.8, 4) is 0 Å². The van der Waals surface area contributed by atoms with Gasteiger partial charge in [0.25, 0.3) is 5.91 Å². The van der Waals surface area contributed by atoms with E-state index in [1.165, 1.54) is 0 Å². The molecule has 0 spiro atoms. The first-order valence-electron chi connectivity index (χ1n) is 5.66. The summed E-state index contributed by atoms with van der Waals surface area (Å²) in [5.74, 6) is -0.0543. The highest BCUT2D eigenvalue weighted by molar-refractivity contribution is 7.99. The number of nitrogens with one attached hydrogen (secondary N) is 1. The molecule has 0 aliphatic rings. The molecule has 0 fully saturated rings. The van der Waals surface area contributed by atoms with Crippen LogP contribution in [0.25, 0.3) is 0 Å². The summed E-state index contributed by atoms with van der Waals surface area (Å²) < 4.78 is 0.